The fourth-order valence-electron chi connectivity index (χ4n) is 2.42. The summed E-state index contributed by atoms with van der Waals surface area (Å²) >= 11 is 0. The second-order valence-electron chi connectivity index (χ2n) is 5.45. The van der Waals surface area contributed by atoms with E-state index < -0.39 is 15.5 Å². The maximum absolute atomic E-state index is 11.0. The van der Waals surface area contributed by atoms with Gasteiger partial charge in [0.2, 0.25) is 0 Å². The van der Waals surface area contributed by atoms with Crippen molar-refractivity contribution in [2.45, 2.75) is 0 Å². The van der Waals surface area contributed by atoms with Crippen LogP contribution in [0.2, 0.25) is 0 Å². The molecule has 0 spiro atoms. The Kier molecular flexibility index (Phi) is 5.31. The van der Waals surface area contributed by atoms with Crippen LogP contribution in [-0.4, -0.2) is 27.6 Å². The van der Waals surface area contributed by atoms with Gasteiger partial charge >= 0.3 is 5.69 Å². The highest BCUT2D eigenvalue weighted by Crippen LogP contribution is 2.30. The van der Waals surface area contributed by atoms with Crippen LogP contribution in [0, 0.1) is 20.2 Å². The van der Waals surface area contributed by atoms with E-state index in [-0.39, 0.29) is 24.7 Å². The lowest BCUT2D eigenvalue weighted by Gasteiger charge is -2.09. The molecule has 0 N–H and O–H groups in total. The van der Waals surface area contributed by atoms with E-state index in [9.17, 15) is 20.2 Å². The molecule has 9 heteroatoms. The monoisotopic (exact) mass is 369 g/mol. The van der Waals surface area contributed by atoms with Gasteiger partial charge in [-0.1, -0.05) is 0 Å². The quantitative estimate of drug-likeness (QED) is 0.340. The molecule has 0 amide bonds. The smallest absolute Gasteiger partial charge is 0.317 e. The summed E-state index contributed by atoms with van der Waals surface area (Å²) in [5, 5.41) is 21.8. The zero-order chi connectivity index (χ0) is 19.2. The number of benzene rings is 2. The lowest BCUT2D eigenvalue weighted by Crippen LogP contribution is -2.10. The van der Waals surface area contributed by atoms with E-state index in [0.29, 0.717) is 5.75 Å². The summed E-state index contributed by atoms with van der Waals surface area (Å²) < 4.78 is 12.9. The molecule has 0 saturated heterocycles. The standard InChI is InChI=1S/C18H15N3O6/c22-20(23)15-5-8-18(17(13-15)21(24)25)27-12-11-26-16-6-3-14(4-7-16)19-9-1-2-10-19/h1-10,13H,11-12H2. The second kappa shape index (κ2) is 8.00. The van der Waals surface area contributed by atoms with E-state index in [1.165, 1.54) is 6.07 Å². The Hall–Kier alpha value is -3.88. The Labute approximate surface area is 153 Å². The molecule has 27 heavy (non-hydrogen) atoms. The first kappa shape index (κ1) is 17.9. The fraction of sp³-hybridized carbons (Fsp3) is 0.111. The van der Waals surface area contributed by atoms with Crippen LogP contribution in [0.1, 0.15) is 0 Å². The van der Waals surface area contributed by atoms with Crippen LogP contribution in [0.15, 0.2) is 67.0 Å². The number of hydrogen-bond donors (Lipinski definition) is 0. The van der Waals surface area contributed by atoms with Crippen LogP contribution in [0.4, 0.5) is 11.4 Å². The third kappa shape index (κ3) is 4.40. The Morgan fingerprint density at radius 3 is 2.15 bits per heavy atom. The number of non-ortho nitro benzene ring substituents is 1. The molecular weight excluding hydrogens is 354 g/mol. The summed E-state index contributed by atoms with van der Waals surface area (Å²) in [5.41, 5.74) is 0.165. The van der Waals surface area contributed by atoms with Gasteiger partial charge < -0.3 is 14.0 Å². The van der Waals surface area contributed by atoms with Crippen LogP contribution in [0.5, 0.6) is 11.5 Å². The predicted molar refractivity (Wildman–Crippen MR) is 96.5 cm³/mol. The first-order valence-electron chi connectivity index (χ1n) is 7.96. The van der Waals surface area contributed by atoms with E-state index in [4.69, 9.17) is 9.47 Å². The summed E-state index contributed by atoms with van der Waals surface area (Å²) in [6, 6.07) is 14.5. The minimum absolute atomic E-state index is 0.0443. The number of hydrogen-bond acceptors (Lipinski definition) is 6. The Balaban J connectivity index is 1.56. The molecule has 0 saturated carbocycles. The normalized spacial score (nSPS) is 10.4. The van der Waals surface area contributed by atoms with Crippen molar-refractivity contribution in [1.29, 1.82) is 0 Å². The van der Waals surface area contributed by atoms with Gasteiger partial charge in [0.25, 0.3) is 5.69 Å². The van der Waals surface area contributed by atoms with Gasteiger partial charge in [-0.05, 0) is 42.5 Å². The molecule has 0 atom stereocenters. The van der Waals surface area contributed by atoms with Gasteiger partial charge in [0.05, 0.1) is 15.9 Å². The van der Waals surface area contributed by atoms with Crippen LogP contribution in [0.3, 0.4) is 0 Å². The molecule has 1 aromatic heterocycles. The number of nitro benzene ring substituents is 2. The highest BCUT2D eigenvalue weighted by atomic mass is 16.6. The van der Waals surface area contributed by atoms with Crippen molar-refractivity contribution in [1.82, 2.24) is 4.57 Å². The minimum Gasteiger partial charge on any atom is -0.490 e. The number of aromatic nitrogens is 1. The van der Waals surface area contributed by atoms with Crippen molar-refractivity contribution < 1.29 is 19.3 Å². The maximum atomic E-state index is 11.0. The van der Waals surface area contributed by atoms with Gasteiger partial charge in [-0.25, -0.2) is 0 Å². The number of nitro groups is 2. The van der Waals surface area contributed by atoms with E-state index in [1.54, 1.807) is 0 Å². The molecule has 9 nitrogen and oxygen atoms in total. The first-order valence-corrected chi connectivity index (χ1v) is 7.96. The summed E-state index contributed by atoms with van der Waals surface area (Å²) in [6.45, 7) is 0.217. The van der Waals surface area contributed by atoms with Gasteiger partial charge in [0, 0.05) is 24.1 Å². The third-order valence-electron chi connectivity index (χ3n) is 3.70. The minimum atomic E-state index is -0.719. The summed E-state index contributed by atoms with van der Waals surface area (Å²) in [6.07, 6.45) is 3.86. The fourth-order valence-corrected chi connectivity index (χ4v) is 2.42. The van der Waals surface area contributed by atoms with Gasteiger partial charge in [-0.15, -0.1) is 0 Å². The maximum Gasteiger partial charge on any atom is 0.317 e. The Bertz CT molecular complexity index is 938. The molecule has 0 aliphatic heterocycles. The van der Waals surface area contributed by atoms with Crippen molar-refractivity contribution in [2.75, 3.05) is 13.2 Å². The molecule has 3 rings (SSSR count). The first-order chi connectivity index (χ1) is 13.0. The van der Waals surface area contributed by atoms with E-state index in [2.05, 4.69) is 0 Å². The highest BCUT2D eigenvalue weighted by molar-refractivity contribution is 5.53. The van der Waals surface area contributed by atoms with Gasteiger partial charge in [0.15, 0.2) is 5.75 Å². The van der Waals surface area contributed by atoms with Crippen LogP contribution in [-0.2, 0) is 0 Å². The predicted octanol–water partition coefficient (Wildman–Crippen LogP) is 3.75. The van der Waals surface area contributed by atoms with E-state index >= 15 is 0 Å². The highest BCUT2D eigenvalue weighted by Gasteiger charge is 2.20. The average molecular weight is 369 g/mol. The zero-order valence-electron chi connectivity index (χ0n) is 14.1. The molecule has 0 unspecified atom stereocenters. The number of rotatable bonds is 8. The molecule has 0 radical (unpaired) electrons. The lowest BCUT2D eigenvalue weighted by atomic mass is 10.2. The second-order valence-corrected chi connectivity index (χ2v) is 5.45. The molecule has 0 fully saturated rings. The number of ether oxygens (including phenoxy) is 2. The SMILES string of the molecule is O=[N+]([O-])c1ccc(OCCOc2ccc(-n3cccc3)cc2)c([N+](=O)[O-])c1. The largest absolute Gasteiger partial charge is 0.490 e. The van der Waals surface area contributed by atoms with Crippen molar-refractivity contribution in [3.8, 4) is 17.2 Å². The topological polar surface area (TPSA) is 110 Å². The molecule has 0 bridgehead atoms. The molecule has 3 aromatic rings. The van der Waals surface area contributed by atoms with Crippen LogP contribution >= 0.6 is 0 Å². The molecular formula is C18H15N3O6. The van der Waals surface area contributed by atoms with Crippen molar-refractivity contribution in [3.63, 3.8) is 0 Å². The lowest BCUT2D eigenvalue weighted by molar-refractivity contribution is -0.394. The molecule has 138 valence electrons. The van der Waals surface area contributed by atoms with Crippen molar-refractivity contribution >= 4 is 11.4 Å². The third-order valence-corrected chi connectivity index (χ3v) is 3.70. The molecule has 0 aliphatic rings. The summed E-state index contributed by atoms with van der Waals surface area (Å²) in [5.74, 6) is 0.588. The van der Waals surface area contributed by atoms with Crippen molar-refractivity contribution in [2.24, 2.45) is 0 Å². The number of nitrogens with zero attached hydrogens (tertiary/aromatic N) is 3. The Morgan fingerprint density at radius 1 is 0.852 bits per heavy atom. The van der Waals surface area contributed by atoms with E-state index in [1.807, 2.05) is 53.4 Å². The molecule has 0 aliphatic carbocycles. The summed E-state index contributed by atoms with van der Waals surface area (Å²) in [4.78, 5) is 20.4. The molecule has 1 heterocycles. The van der Waals surface area contributed by atoms with Gasteiger partial charge in [-0.2, -0.15) is 0 Å². The summed E-state index contributed by atoms with van der Waals surface area (Å²) in [7, 11) is 0. The van der Waals surface area contributed by atoms with Crippen LogP contribution in [0.25, 0.3) is 5.69 Å². The van der Waals surface area contributed by atoms with E-state index in [0.717, 1.165) is 17.8 Å². The van der Waals surface area contributed by atoms with Gasteiger partial charge in [0.1, 0.15) is 19.0 Å². The zero-order valence-corrected chi connectivity index (χ0v) is 14.1. The van der Waals surface area contributed by atoms with Gasteiger partial charge in [-0.3, -0.25) is 20.2 Å². The van der Waals surface area contributed by atoms with Crippen LogP contribution < -0.4 is 9.47 Å². The average Bonchev–Trinajstić information content (AvgIpc) is 3.20. The van der Waals surface area contributed by atoms with Crippen molar-refractivity contribution in [3.05, 3.63) is 87.2 Å². The molecule has 2 aromatic carbocycles. The Morgan fingerprint density at radius 2 is 1.52 bits per heavy atom.